The average molecular weight is 279 g/mol. The molecule has 82 valence electrons. The molecule has 0 aliphatic heterocycles. The average Bonchev–Trinajstić information content (AvgIpc) is 2.32. The van der Waals surface area contributed by atoms with Crippen LogP contribution < -0.4 is 10.5 Å². The first-order chi connectivity index (χ1) is 7.77. The van der Waals surface area contributed by atoms with Gasteiger partial charge in [0.25, 0.3) is 0 Å². The van der Waals surface area contributed by atoms with Crippen LogP contribution in [-0.4, -0.2) is 4.98 Å². The van der Waals surface area contributed by atoms with Crippen LogP contribution in [0.25, 0.3) is 0 Å². The standard InChI is InChI=1S/C12H11BrN2O/c13-11-10(14)6-7-15-12(11)16-8-9-4-2-1-3-5-9/h1-7H,8H2,(H2,14,15). The lowest BCUT2D eigenvalue weighted by Crippen LogP contribution is -1.99. The van der Waals surface area contributed by atoms with Gasteiger partial charge < -0.3 is 10.5 Å². The summed E-state index contributed by atoms with van der Waals surface area (Å²) in [5.74, 6) is 0.517. The number of ether oxygens (including phenoxy) is 1. The van der Waals surface area contributed by atoms with E-state index in [1.54, 1.807) is 12.3 Å². The van der Waals surface area contributed by atoms with E-state index in [1.165, 1.54) is 0 Å². The molecule has 0 aliphatic carbocycles. The van der Waals surface area contributed by atoms with Crippen molar-refractivity contribution in [3.05, 3.63) is 52.6 Å². The normalized spacial score (nSPS) is 10.1. The SMILES string of the molecule is Nc1ccnc(OCc2ccccc2)c1Br. The first-order valence-electron chi connectivity index (χ1n) is 4.84. The molecule has 1 aromatic heterocycles. The molecule has 0 fully saturated rings. The second kappa shape index (κ2) is 4.99. The van der Waals surface area contributed by atoms with Gasteiger partial charge >= 0.3 is 0 Å². The Bertz CT molecular complexity index is 474. The van der Waals surface area contributed by atoms with Gasteiger partial charge in [0.2, 0.25) is 5.88 Å². The van der Waals surface area contributed by atoms with E-state index in [4.69, 9.17) is 10.5 Å². The molecule has 16 heavy (non-hydrogen) atoms. The van der Waals surface area contributed by atoms with Gasteiger partial charge in [0.1, 0.15) is 11.1 Å². The largest absolute Gasteiger partial charge is 0.472 e. The Labute approximate surface area is 102 Å². The number of anilines is 1. The van der Waals surface area contributed by atoms with Gasteiger partial charge in [-0.1, -0.05) is 30.3 Å². The Morgan fingerprint density at radius 1 is 1.19 bits per heavy atom. The molecule has 2 N–H and O–H groups in total. The van der Waals surface area contributed by atoms with Crippen molar-refractivity contribution in [3.63, 3.8) is 0 Å². The second-order valence-electron chi connectivity index (χ2n) is 3.29. The van der Waals surface area contributed by atoms with E-state index >= 15 is 0 Å². The van der Waals surface area contributed by atoms with Gasteiger partial charge in [0.05, 0.1) is 5.69 Å². The van der Waals surface area contributed by atoms with Crippen LogP contribution in [0.2, 0.25) is 0 Å². The van der Waals surface area contributed by atoms with Gasteiger partial charge in [-0.2, -0.15) is 0 Å². The van der Waals surface area contributed by atoms with Crippen LogP contribution in [0.3, 0.4) is 0 Å². The van der Waals surface area contributed by atoms with Crippen molar-refractivity contribution in [3.8, 4) is 5.88 Å². The highest BCUT2D eigenvalue weighted by Gasteiger charge is 2.05. The van der Waals surface area contributed by atoms with Gasteiger partial charge in [-0.25, -0.2) is 4.98 Å². The Hall–Kier alpha value is -1.55. The molecule has 0 amide bonds. The van der Waals surface area contributed by atoms with E-state index < -0.39 is 0 Å². The molecule has 0 saturated heterocycles. The molecule has 0 aliphatic rings. The van der Waals surface area contributed by atoms with Crippen molar-refractivity contribution in [1.29, 1.82) is 0 Å². The number of halogens is 1. The van der Waals surface area contributed by atoms with Gasteiger partial charge in [0, 0.05) is 6.20 Å². The fraction of sp³-hybridized carbons (Fsp3) is 0.0833. The van der Waals surface area contributed by atoms with Crippen molar-refractivity contribution in [2.45, 2.75) is 6.61 Å². The van der Waals surface area contributed by atoms with Crippen LogP contribution in [0, 0.1) is 0 Å². The molecule has 0 unspecified atom stereocenters. The number of nitrogens with zero attached hydrogens (tertiary/aromatic N) is 1. The van der Waals surface area contributed by atoms with Crippen LogP contribution in [0.15, 0.2) is 47.1 Å². The van der Waals surface area contributed by atoms with Crippen LogP contribution in [0.1, 0.15) is 5.56 Å². The van der Waals surface area contributed by atoms with E-state index in [2.05, 4.69) is 20.9 Å². The minimum atomic E-state index is 0.482. The number of nitrogens with two attached hydrogens (primary N) is 1. The van der Waals surface area contributed by atoms with Crippen LogP contribution >= 0.6 is 15.9 Å². The predicted molar refractivity (Wildman–Crippen MR) is 67.1 cm³/mol. The van der Waals surface area contributed by atoms with Crippen molar-refractivity contribution in [2.75, 3.05) is 5.73 Å². The van der Waals surface area contributed by atoms with Crippen LogP contribution in [0.4, 0.5) is 5.69 Å². The summed E-state index contributed by atoms with van der Waals surface area (Å²) >= 11 is 3.34. The fourth-order valence-corrected chi connectivity index (χ4v) is 1.61. The summed E-state index contributed by atoms with van der Waals surface area (Å²) in [7, 11) is 0. The lowest BCUT2D eigenvalue weighted by Gasteiger charge is -2.08. The molecule has 2 rings (SSSR count). The third-order valence-electron chi connectivity index (χ3n) is 2.11. The minimum absolute atomic E-state index is 0.482. The van der Waals surface area contributed by atoms with Crippen molar-refractivity contribution in [1.82, 2.24) is 4.98 Å². The van der Waals surface area contributed by atoms with Crippen molar-refractivity contribution >= 4 is 21.6 Å². The second-order valence-corrected chi connectivity index (χ2v) is 4.09. The van der Waals surface area contributed by atoms with E-state index in [9.17, 15) is 0 Å². The van der Waals surface area contributed by atoms with Gasteiger partial charge in [-0.15, -0.1) is 0 Å². The van der Waals surface area contributed by atoms with Crippen LogP contribution in [0.5, 0.6) is 5.88 Å². The maximum absolute atomic E-state index is 5.72. The number of benzene rings is 1. The summed E-state index contributed by atoms with van der Waals surface area (Å²) in [5.41, 5.74) is 7.44. The highest BCUT2D eigenvalue weighted by Crippen LogP contribution is 2.28. The van der Waals surface area contributed by atoms with Crippen molar-refractivity contribution < 1.29 is 4.74 Å². The molecule has 4 heteroatoms. The molecular weight excluding hydrogens is 268 g/mol. The van der Waals surface area contributed by atoms with Gasteiger partial charge in [-0.05, 0) is 27.6 Å². The number of rotatable bonds is 3. The zero-order valence-corrected chi connectivity index (χ0v) is 10.1. The maximum atomic E-state index is 5.72. The summed E-state index contributed by atoms with van der Waals surface area (Å²) in [5, 5.41) is 0. The van der Waals surface area contributed by atoms with Gasteiger partial charge in [0.15, 0.2) is 0 Å². The number of hydrogen-bond donors (Lipinski definition) is 1. The predicted octanol–water partition coefficient (Wildman–Crippen LogP) is 3.01. The summed E-state index contributed by atoms with van der Waals surface area (Å²) < 4.78 is 6.27. The monoisotopic (exact) mass is 278 g/mol. The summed E-state index contributed by atoms with van der Waals surface area (Å²) in [4.78, 5) is 4.11. The summed E-state index contributed by atoms with van der Waals surface area (Å²) in [6.45, 7) is 0.482. The molecule has 2 aromatic rings. The Balaban J connectivity index is 2.08. The zero-order valence-electron chi connectivity index (χ0n) is 8.56. The molecule has 0 radical (unpaired) electrons. The minimum Gasteiger partial charge on any atom is -0.472 e. The van der Waals surface area contributed by atoms with Crippen LogP contribution in [-0.2, 0) is 6.61 Å². The lowest BCUT2D eigenvalue weighted by molar-refractivity contribution is 0.292. The molecular formula is C12H11BrN2O. The Morgan fingerprint density at radius 2 is 1.94 bits per heavy atom. The highest BCUT2D eigenvalue weighted by molar-refractivity contribution is 9.10. The first kappa shape index (κ1) is 11.0. The number of nitrogen functional groups attached to an aromatic ring is 1. The third kappa shape index (κ3) is 2.52. The molecule has 0 bridgehead atoms. The lowest BCUT2D eigenvalue weighted by atomic mass is 10.2. The quantitative estimate of drug-likeness (QED) is 0.939. The maximum Gasteiger partial charge on any atom is 0.230 e. The first-order valence-corrected chi connectivity index (χ1v) is 5.63. The van der Waals surface area contributed by atoms with E-state index in [0.717, 1.165) is 5.56 Å². The number of aromatic nitrogens is 1. The molecule has 3 nitrogen and oxygen atoms in total. The fourth-order valence-electron chi connectivity index (χ4n) is 1.27. The summed E-state index contributed by atoms with van der Waals surface area (Å²) in [6.07, 6.45) is 1.63. The molecule has 0 atom stereocenters. The molecule has 0 spiro atoms. The van der Waals surface area contributed by atoms with Crippen molar-refractivity contribution in [2.24, 2.45) is 0 Å². The Kier molecular flexibility index (Phi) is 3.41. The summed E-state index contributed by atoms with van der Waals surface area (Å²) in [6, 6.07) is 11.6. The van der Waals surface area contributed by atoms with E-state index in [-0.39, 0.29) is 0 Å². The molecule has 1 heterocycles. The number of pyridine rings is 1. The van der Waals surface area contributed by atoms with Gasteiger partial charge in [-0.3, -0.25) is 0 Å². The van der Waals surface area contributed by atoms with E-state index in [0.29, 0.717) is 22.6 Å². The Morgan fingerprint density at radius 3 is 2.69 bits per heavy atom. The smallest absolute Gasteiger partial charge is 0.230 e. The third-order valence-corrected chi connectivity index (χ3v) is 2.90. The number of hydrogen-bond acceptors (Lipinski definition) is 3. The van der Waals surface area contributed by atoms with E-state index in [1.807, 2.05) is 30.3 Å². The zero-order chi connectivity index (χ0) is 11.4. The molecule has 1 aromatic carbocycles. The molecule has 0 saturated carbocycles. The highest BCUT2D eigenvalue weighted by atomic mass is 79.9. The topological polar surface area (TPSA) is 48.1 Å².